The molecule has 5 nitrogen and oxygen atoms in total. The van der Waals surface area contributed by atoms with Crippen molar-refractivity contribution in [1.29, 1.82) is 0 Å². The van der Waals surface area contributed by atoms with Gasteiger partial charge in [-0.1, -0.05) is 11.6 Å². The van der Waals surface area contributed by atoms with Crippen molar-refractivity contribution in [3.05, 3.63) is 29.3 Å². The molecule has 0 bridgehead atoms. The van der Waals surface area contributed by atoms with Crippen LogP contribution in [0.15, 0.2) is 24.3 Å². The Morgan fingerprint density at radius 1 is 1.12 bits per heavy atom. The topological polar surface area (TPSA) is 62.2 Å². The number of aliphatic hydroxyl groups excluding tert-OH is 2. The largest absolute Gasteiger partial charge is 0.491 e. The summed E-state index contributed by atoms with van der Waals surface area (Å²) in [5, 5.41) is 21.2. The van der Waals surface area contributed by atoms with E-state index in [4.69, 9.17) is 21.1 Å². The predicted octanol–water partition coefficient (Wildman–Crippen LogP) is 3.11. The third-order valence-electron chi connectivity index (χ3n) is 4.95. The highest BCUT2D eigenvalue weighted by atomic mass is 35.5. The first kappa shape index (κ1) is 21.5. The smallest absolute Gasteiger partial charge is 0.119 e. The minimum Gasteiger partial charge on any atom is -0.491 e. The minimum absolute atomic E-state index is 0.167. The zero-order valence-corrected chi connectivity index (χ0v) is 17.0. The molecule has 148 valence electrons. The van der Waals surface area contributed by atoms with Crippen molar-refractivity contribution in [2.45, 2.75) is 63.8 Å². The van der Waals surface area contributed by atoms with Gasteiger partial charge in [0.15, 0.2) is 0 Å². The lowest BCUT2D eigenvalue weighted by Gasteiger charge is -2.55. The van der Waals surface area contributed by atoms with E-state index in [9.17, 15) is 10.2 Å². The van der Waals surface area contributed by atoms with Crippen molar-refractivity contribution >= 4 is 11.6 Å². The first-order valence-electron chi connectivity index (χ1n) is 9.20. The fourth-order valence-corrected chi connectivity index (χ4v) is 4.12. The van der Waals surface area contributed by atoms with Crippen LogP contribution >= 0.6 is 11.6 Å². The Labute approximate surface area is 161 Å². The van der Waals surface area contributed by atoms with Crippen LogP contribution in [0, 0.1) is 0 Å². The third-order valence-corrected chi connectivity index (χ3v) is 5.20. The molecule has 2 rings (SSSR count). The van der Waals surface area contributed by atoms with Crippen LogP contribution in [0.2, 0.25) is 5.02 Å². The van der Waals surface area contributed by atoms with Gasteiger partial charge in [0.2, 0.25) is 0 Å². The number of piperidine rings is 1. The average molecular weight is 386 g/mol. The standard InChI is InChI=1S/C20H32ClNO4/c1-19(2)11-16(23)12-20(3,4)22(19)13-17(24)14-25-9-10-26-18-7-5-15(21)6-8-18/h5-8,16-17,23-24H,9-14H2,1-4H3/t17-/m1/s1. The zero-order valence-electron chi connectivity index (χ0n) is 16.2. The van der Waals surface area contributed by atoms with Crippen molar-refractivity contribution in [3.63, 3.8) is 0 Å². The van der Waals surface area contributed by atoms with Crippen LogP contribution in [0.5, 0.6) is 5.75 Å². The van der Waals surface area contributed by atoms with Crippen molar-refractivity contribution in [3.8, 4) is 5.75 Å². The van der Waals surface area contributed by atoms with Gasteiger partial charge >= 0.3 is 0 Å². The van der Waals surface area contributed by atoms with E-state index < -0.39 is 6.10 Å². The lowest BCUT2D eigenvalue weighted by atomic mass is 9.78. The van der Waals surface area contributed by atoms with Gasteiger partial charge in [0.25, 0.3) is 0 Å². The summed E-state index contributed by atoms with van der Waals surface area (Å²) in [6.45, 7) is 10.1. The molecule has 1 aliphatic rings. The number of β-amino-alcohol motifs (C(OH)–C–C–N with tert-alkyl or cyclic N) is 1. The number of ether oxygens (including phenoxy) is 2. The third kappa shape index (κ3) is 6.10. The highest BCUT2D eigenvalue weighted by molar-refractivity contribution is 6.30. The Hall–Kier alpha value is -0.850. The Morgan fingerprint density at radius 3 is 2.27 bits per heavy atom. The average Bonchev–Trinajstić information content (AvgIpc) is 2.51. The number of hydrogen-bond donors (Lipinski definition) is 2. The normalized spacial score (nSPS) is 21.5. The molecule has 1 aliphatic heterocycles. The summed E-state index contributed by atoms with van der Waals surface area (Å²) in [6, 6.07) is 7.18. The summed E-state index contributed by atoms with van der Waals surface area (Å²) >= 11 is 5.83. The summed E-state index contributed by atoms with van der Waals surface area (Å²) in [5.74, 6) is 0.744. The SMILES string of the molecule is CC1(C)CC(O)CC(C)(C)N1C[C@@H](O)COCCOc1ccc(Cl)cc1. The molecule has 0 amide bonds. The maximum absolute atomic E-state index is 10.4. The van der Waals surface area contributed by atoms with Gasteiger partial charge < -0.3 is 19.7 Å². The Bertz CT molecular complexity index is 543. The Morgan fingerprint density at radius 2 is 1.69 bits per heavy atom. The van der Waals surface area contributed by atoms with E-state index in [0.717, 1.165) is 5.75 Å². The number of benzene rings is 1. The van der Waals surface area contributed by atoms with Gasteiger partial charge in [0, 0.05) is 22.6 Å². The fraction of sp³-hybridized carbons (Fsp3) is 0.700. The van der Waals surface area contributed by atoms with E-state index in [0.29, 0.717) is 37.6 Å². The lowest BCUT2D eigenvalue weighted by molar-refractivity contribution is -0.105. The van der Waals surface area contributed by atoms with E-state index in [2.05, 4.69) is 32.6 Å². The van der Waals surface area contributed by atoms with Crippen LogP contribution in [0.25, 0.3) is 0 Å². The van der Waals surface area contributed by atoms with Gasteiger partial charge in [-0.05, 0) is 64.8 Å². The molecule has 1 fully saturated rings. The number of nitrogens with zero attached hydrogens (tertiary/aromatic N) is 1. The molecule has 0 saturated carbocycles. The van der Waals surface area contributed by atoms with Crippen molar-refractivity contribution in [1.82, 2.24) is 4.90 Å². The molecule has 1 atom stereocenters. The van der Waals surface area contributed by atoms with Gasteiger partial charge in [-0.25, -0.2) is 0 Å². The molecule has 1 heterocycles. The van der Waals surface area contributed by atoms with Crippen molar-refractivity contribution in [2.75, 3.05) is 26.4 Å². The van der Waals surface area contributed by atoms with Gasteiger partial charge in [-0.3, -0.25) is 4.90 Å². The maximum atomic E-state index is 10.4. The molecule has 1 aromatic rings. The highest BCUT2D eigenvalue weighted by Crippen LogP contribution is 2.38. The monoisotopic (exact) mass is 385 g/mol. The molecule has 26 heavy (non-hydrogen) atoms. The maximum Gasteiger partial charge on any atom is 0.119 e. The molecule has 0 aromatic heterocycles. The molecule has 0 aliphatic carbocycles. The second kappa shape index (κ2) is 8.89. The van der Waals surface area contributed by atoms with E-state index in [-0.39, 0.29) is 23.8 Å². The quantitative estimate of drug-likeness (QED) is 0.673. The molecular weight excluding hydrogens is 354 g/mol. The Kier molecular flexibility index (Phi) is 7.34. The summed E-state index contributed by atoms with van der Waals surface area (Å²) in [4.78, 5) is 2.28. The van der Waals surface area contributed by atoms with Crippen LogP contribution in [-0.4, -0.2) is 64.8 Å². The van der Waals surface area contributed by atoms with Crippen LogP contribution in [0.4, 0.5) is 0 Å². The van der Waals surface area contributed by atoms with Crippen molar-refractivity contribution < 1.29 is 19.7 Å². The number of halogens is 1. The number of aliphatic hydroxyl groups is 2. The number of likely N-dealkylation sites (tertiary alicyclic amines) is 1. The zero-order chi connectivity index (χ0) is 19.4. The van der Waals surface area contributed by atoms with Crippen LogP contribution in [0.3, 0.4) is 0 Å². The van der Waals surface area contributed by atoms with Crippen LogP contribution < -0.4 is 4.74 Å². The second-order valence-electron chi connectivity index (χ2n) is 8.33. The molecule has 0 radical (unpaired) electrons. The van der Waals surface area contributed by atoms with Crippen molar-refractivity contribution in [2.24, 2.45) is 0 Å². The molecule has 1 saturated heterocycles. The van der Waals surface area contributed by atoms with Crippen LogP contribution in [0.1, 0.15) is 40.5 Å². The Balaban J connectivity index is 1.72. The van der Waals surface area contributed by atoms with E-state index in [1.54, 1.807) is 12.1 Å². The molecular formula is C20H32ClNO4. The summed E-state index contributed by atoms with van der Waals surface area (Å²) in [6.07, 6.45) is 0.534. The molecule has 0 spiro atoms. The van der Waals surface area contributed by atoms with Gasteiger partial charge in [0.05, 0.1) is 25.4 Å². The van der Waals surface area contributed by atoms with Gasteiger partial charge in [0.1, 0.15) is 12.4 Å². The molecule has 2 N–H and O–H groups in total. The minimum atomic E-state index is -0.584. The molecule has 6 heteroatoms. The lowest BCUT2D eigenvalue weighted by Crippen LogP contribution is -2.63. The first-order chi connectivity index (χ1) is 12.1. The number of rotatable bonds is 8. The highest BCUT2D eigenvalue weighted by Gasteiger charge is 2.45. The van der Waals surface area contributed by atoms with E-state index >= 15 is 0 Å². The fourth-order valence-electron chi connectivity index (χ4n) is 3.99. The van der Waals surface area contributed by atoms with Gasteiger partial charge in [-0.2, -0.15) is 0 Å². The number of hydrogen-bond acceptors (Lipinski definition) is 5. The van der Waals surface area contributed by atoms with Gasteiger partial charge in [-0.15, -0.1) is 0 Å². The summed E-state index contributed by atoms with van der Waals surface area (Å²) in [5.41, 5.74) is -0.334. The van der Waals surface area contributed by atoms with Crippen LogP contribution in [-0.2, 0) is 4.74 Å². The summed E-state index contributed by atoms with van der Waals surface area (Å²) < 4.78 is 11.1. The molecule has 0 unspecified atom stereocenters. The summed E-state index contributed by atoms with van der Waals surface area (Å²) in [7, 11) is 0. The predicted molar refractivity (Wildman–Crippen MR) is 104 cm³/mol. The van der Waals surface area contributed by atoms with E-state index in [1.165, 1.54) is 0 Å². The van der Waals surface area contributed by atoms with E-state index in [1.807, 2.05) is 12.1 Å². The second-order valence-corrected chi connectivity index (χ2v) is 8.77. The first-order valence-corrected chi connectivity index (χ1v) is 9.58. The molecule has 1 aromatic carbocycles.